The molecule has 132 valence electrons. The van der Waals surface area contributed by atoms with Crippen molar-refractivity contribution < 1.29 is 9.59 Å². The van der Waals surface area contributed by atoms with Crippen molar-refractivity contribution in [1.82, 2.24) is 10.6 Å². The van der Waals surface area contributed by atoms with Gasteiger partial charge in [0.2, 0.25) is 0 Å². The molecular weight excluding hydrogens is 336 g/mol. The van der Waals surface area contributed by atoms with Crippen LogP contribution in [0.25, 0.3) is 0 Å². The molecule has 2 N–H and O–H groups in total. The van der Waals surface area contributed by atoms with Crippen molar-refractivity contribution in [2.75, 3.05) is 13.1 Å². The van der Waals surface area contributed by atoms with Gasteiger partial charge in [-0.3, -0.25) is 9.59 Å². The zero-order chi connectivity index (χ0) is 17.1. The molecule has 1 amide bonds. The Morgan fingerprint density at radius 3 is 2.40 bits per heavy atom. The quantitative estimate of drug-likeness (QED) is 0.826. The van der Waals surface area contributed by atoms with Crippen molar-refractivity contribution in [2.45, 2.75) is 26.3 Å². The molecule has 0 spiro atoms. The number of hydrogen-bond donors (Lipinski definition) is 2. The monoisotopic (exact) mass is 358 g/mol. The van der Waals surface area contributed by atoms with Crippen molar-refractivity contribution in [3.05, 3.63) is 70.3 Å². The number of amides is 1. The number of benzene rings is 2. The third-order valence-electron chi connectivity index (χ3n) is 4.58. The van der Waals surface area contributed by atoms with Gasteiger partial charge in [-0.25, -0.2) is 0 Å². The summed E-state index contributed by atoms with van der Waals surface area (Å²) >= 11 is 0. The van der Waals surface area contributed by atoms with Gasteiger partial charge in [0.15, 0.2) is 5.78 Å². The number of nitrogens with one attached hydrogen (secondary N) is 2. The first-order chi connectivity index (χ1) is 11.6. The SMILES string of the molecule is Cc1ccc(C(=O)c2ccccc2C(=O)NC2CCNC2)cc1C.Cl. The third-order valence-corrected chi connectivity index (χ3v) is 4.58. The number of halogens is 1. The standard InChI is InChI=1S/C20H22N2O2.ClH/c1-13-7-8-15(11-14(13)2)19(23)17-5-3-4-6-18(17)20(24)22-16-9-10-21-12-16;/h3-8,11,16,21H,9-10,12H2,1-2H3,(H,22,24);1H. The lowest BCUT2D eigenvalue weighted by Gasteiger charge is -2.14. The molecule has 2 aromatic carbocycles. The molecule has 1 unspecified atom stereocenters. The molecule has 2 aromatic rings. The van der Waals surface area contributed by atoms with E-state index in [9.17, 15) is 9.59 Å². The molecule has 3 rings (SSSR count). The summed E-state index contributed by atoms with van der Waals surface area (Å²) in [5, 5.41) is 6.23. The summed E-state index contributed by atoms with van der Waals surface area (Å²) in [6.07, 6.45) is 0.916. The van der Waals surface area contributed by atoms with Crippen LogP contribution in [0.5, 0.6) is 0 Å². The molecule has 1 aliphatic rings. The van der Waals surface area contributed by atoms with Crippen LogP contribution < -0.4 is 10.6 Å². The Morgan fingerprint density at radius 2 is 1.76 bits per heavy atom. The van der Waals surface area contributed by atoms with E-state index in [-0.39, 0.29) is 30.1 Å². The van der Waals surface area contributed by atoms with E-state index in [1.807, 2.05) is 32.0 Å². The normalized spacial score (nSPS) is 16.2. The van der Waals surface area contributed by atoms with Crippen LogP contribution in [0.4, 0.5) is 0 Å². The third kappa shape index (κ3) is 4.27. The lowest BCUT2D eigenvalue weighted by Crippen LogP contribution is -2.36. The van der Waals surface area contributed by atoms with Crippen LogP contribution in [0.3, 0.4) is 0 Å². The van der Waals surface area contributed by atoms with Crippen LogP contribution in [-0.4, -0.2) is 30.8 Å². The van der Waals surface area contributed by atoms with E-state index < -0.39 is 0 Å². The molecule has 1 saturated heterocycles. The van der Waals surface area contributed by atoms with E-state index in [0.29, 0.717) is 16.7 Å². The lowest BCUT2D eigenvalue weighted by molar-refractivity contribution is 0.0929. The molecule has 0 saturated carbocycles. The average Bonchev–Trinajstić information content (AvgIpc) is 3.09. The largest absolute Gasteiger partial charge is 0.348 e. The number of hydrogen-bond acceptors (Lipinski definition) is 3. The van der Waals surface area contributed by atoms with E-state index >= 15 is 0 Å². The maximum atomic E-state index is 12.9. The highest BCUT2D eigenvalue weighted by Crippen LogP contribution is 2.18. The van der Waals surface area contributed by atoms with Gasteiger partial charge < -0.3 is 10.6 Å². The first-order valence-electron chi connectivity index (χ1n) is 8.29. The highest BCUT2D eigenvalue weighted by Gasteiger charge is 2.22. The van der Waals surface area contributed by atoms with Gasteiger partial charge >= 0.3 is 0 Å². The van der Waals surface area contributed by atoms with Crippen LogP contribution in [-0.2, 0) is 0 Å². The fraction of sp³-hybridized carbons (Fsp3) is 0.300. The van der Waals surface area contributed by atoms with E-state index in [2.05, 4.69) is 10.6 Å². The lowest BCUT2D eigenvalue weighted by atomic mass is 9.95. The van der Waals surface area contributed by atoms with Crippen molar-refractivity contribution in [1.29, 1.82) is 0 Å². The highest BCUT2D eigenvalue weighted by atomic mass is 35.5. The van der Waals surface area contributed by atoms with Gasteiger partial charge in [0.1, 0.15) is 0 Å². The summed E-state index contributed by atoms with van der Waals surface area (Å²) in [7, 11) is 0. The summed E-state index contributed by atoms with van der Waals surface area (Å²) in [5.74, 6) is -0.301. The smallest absolute Gasteiger partial charge is 0.252 e. The second-order valence-electron chi connectivity index (χ2n) is 6.34. The van der Waals surface area contributed by atoms with Gasteiger partial charge in [0.05, 0.1) is 5.56 Å². The highest BCUT2D eigenvalue weighted by molar-refractivity contribution is 6.15. The van der Waals surface area contributed by atoms with Crippen LogP contribution in [0.1, 0.15) is 43.8 Å². The van der Waals surface area contributed by atoms with Gasteiger partial charge in [-0.05, 0) is 50.1 Å². The van der Waals surface area contributed by atoms with Crippen molar-refractivity contribution >= 4 is 24.1 Å². The predicted octanol–water partition coefficient (Wildman–Crippen LogP) is 3.05. The molecule has 1 aliphatic heterocycles. The minimum absolute atomic E-state index is 0. The van der Waals surface area contributed by atoms with Gasteiger partial charge in [-0.1, -0.05) is 30.3 Å². The maximum absolute atomic E-state index is 12.9. The second kappa shape index (κ2) is 8.28. The van der Waals surface area contributed by atoms with Crippen LogP contribution >= 0.6 is 12.4 Å². The van der Waals surface area contributed by atoms with Gasteiger partial charge in [0, 0.05) is 23.7 Å². The van der Waals surface area contributed by atoms with Crippen LogP contribution in [0.2, 0.25) is 0 Å². The Kier molecular flexibility index (Phi) is 6.34. The fourth-order valence-corrected chi connectivity index (χ4v) is 2.96. The van der Waals surface area contributed by atoms with Crippen molar-refractivity contribution in [3.8, 4) is 0 Å². The fourth-order valence-electron chi connectivity index (χ4n) is 2.96. The Balaban J connectivity index is 0.00000225. The van der Waals surface area contributed by atoms with E-state index in [1.54, 1.807) is 24.3 Å². The summed E-state index contributed by atoms with van der Waals surface area (Å²) in [6.45, 7) is 5.69. The van der Waals surface area contributed by atoms with Crippen molar-refractivity contribution in [2.24, 2.45) is 0 Å². The first-order valence-corrected chi connectivity index (χ1v) is 8.29. The van der Waals surface area contributed by atoms with Crippen LogP contribution in [0, 0.1) is 13.8 Å². The Morgan fingerprint density at radius 1 is 1.04 bits per heavy atom. The number of carbonyl (C=O) groups excluding carboxylic acids is 2. The molecule has 1 heterocycles. The van der Waals surface area contributed by atoms with Gasteiger partial charge in [-0.2, -0.15) is 0 Å². The van der Waals surface area contributed by atoms with E-state index in [0.717, 1.165) is 30.6 Å². The zero-order valence-corrected chi connectivity index (χ0v) is 15.3. The van der Waals surface area contributed by atoms with Crippen molar-refractivity contribution in [3.63, 3.8) is 0 Å². The second-order valence-corrected chi connectivity index (χ2v) is 6.34. The molecule has 25 heavy (non-hydrogen) atoms. The van der Waals surface area contributed by atoms with E-state index in [4.69, 9.17) is 0 Å². The maximum Gasteiger partial charge on any atom is 0.252 e. The number of rotatable bonds is 4. The summed E-state index contributed by atoms with van der Waals surface area (Å²) < 4.78 is 0. The Bertz CT molecular complexity index is 783. The Hall–Kier alpha value is -2.17. The summed E-state index contributed by atoms with van der Waals surface area (Å²) in [6, 6.07) is 12.8. The minimum Gasteiger partial charge on any atom is -0.348 e. The first kappa shape index (κ1) is 19.2. The summed E-state index contributed by atoms with van der Waals surface area (Å²) in [5.41, 5.74) is 3.71. The number of carbonyl (C=O) groups is 2. The minimum atomic E-state index is -0.184. The van der Waals surface area contributed by atoms with Crippen LogP contribution in [0.15, 0.2) is 42.5 Å². The molecular formula is C20H23ClN2O2. The Labute approximate surface area is 154 Å². The molecule has 0 radical (unpaired) electrons. The summed E-state index contributed by atoms with van der Waals surface area (Å²) in [4.78, 5) is 25.5. The molecule has 0 aromatic heterocycles. The molecule has 0 bridgehead atoms. The number of aryl methyl sites for hydroxylation is 2. The molecule has 0 aliphatic carbocycles. The molecule has 5 heteroatoms. The molecule has 1 fully saturated rings. The van der Waals surface area contributed by atoms with Gasteiger partial charge in [0.25, 0.3) is 5.91 Å². The predicted molar refractivity (Wildman–Crippen MR) is 102 cm³/mol. The van der Waals surface area contributed by atoms with E-state index in [1.165, 1.54) is 0 Å². The average molecular weight is 359 g/mol. The topological polar surface area (TPSA) is 58.2 Å². The number of ketones is 1. The molecule has 4 nitrogen and oxygen atoms in total. The zero-order valence-electron chi connectivity index (χ0n) is 14.5. The van der Waals surface area contributed by atoms with Gasteiger partial charge in [-0.15, -0.1) is 12.4 Å². The molecule has 1 atom stereocenters.